The average molecular weight is 478 g/mol. The van der Waals surface area contributed by atoms with Crippen LogP contribution in [0.1, 0.15) is 43.5 Å². The number of rotatable bonds is 2. The highest BCUT2D eigenvalue weighted by molar-refractivity contribution is 6.12. The second kappa shape index (κ2) is 7.33. The van der Waals surface area contributed by atoms with Gasteiger partial charge in [0.2, 0.25) is 0 Å². The second-order valence-corrected chi connectivity index (χ2v) is 10.9. The molecule has 0 unspecified atom stereocenters. The van der Waals surface area contributed by atoms with Crippen LogP contribution in [0.2, 0.25) is 0 Å². The molecule has 8 rings (SSSR count). The molecule has 0 N–H and O–H groups in total. The Morgan fingerprint density at radius 3 is 2.43 bits per heavy atom. The molecule has 0 bridgehead atoms. The molecule has 37 heavy (non-hydrogen) atoms. The molecule has 178 valence electrons. The summed E-state index contributed by atoms with van der Waals surface area (Å²) in [6, 6.07) is 28.8. The third-order valence-corrected chi connectivity index (χ3v) is 8.48. The third-order valence-electron chi connectivity index (χ3n) is 8.48. The molecule has 3 aromatic heterocycles. The van der Waals surface area contributed by atoms with E-state index in [-0.39, 0.29) is 5.41 Å². The zero-order chi connectivity index (χ0) is 24.7. The minimum Gasteiger partial charge on any atom is -0.313 e. The number of aromatic nitrogens is 3. The molecule has 3 heteroatoms. The number of benzene rings is 3. The standard InChI is InChI=1S/C34H27N3/c1-34(2)28-11-5-3-9-24(28)26-19-27-25-10-4-6-12-31(25)37(32(27)20-29(26)34)23-16-14-22(15-17-23)30-21-36-18-8-7-13-33(36)35-30/h3-14,16,18-21H,15,17H2,1-2H3. The molecule has 2 aliphatic rings. The van der Waals surface area contributed by atoms with E-state index in [1.807, 2.05) is 12.1 Å². The zero-order valence-electron chi connectivity index (χ0n) is 21.1. The van der Waals surface area contributed by atoms with E-state index >= 15 is 0 Å². The largest absolute Gasteiger partial charge is 0.313 e. The smallest absolute Gasteiger partial charge is 0.137 e. The van der Waals surface area contributed by atoms with E-state index in [9.17, 15) is 0 Å². The van der Waals surface area contributed by atoms with Crippen LogP contribution in [0.25, 0.3) is 49.9 Å². The number of hydrogen-bond acceptors (Lipinski definition) is 1. The van der Waals surface area contributed by atoms with Crippen LogP contribution in [0.4, 0.5) is 0 Å². The summed E-state index contributed by atoms with van der Waals surface area (Å²) in [7, 11) is 0. The topological polar surface area (TPSA) is 22.2 Å². The van der Waals surface area contributed by atoms with Gasteiger partial charge in [-0.15, -0.1) is 0 Å². The van der Waals surface area contributed by atoms with Crippen LogP contribution in [0.3, 0.4) is 0 Å². The van der Waals surface area contributed by atoms with E-state index in [1.165, 1.54) is 55.3 Å². The summed E-state index contributed by atoms with van der Waals surface area (Å²) < 4.78 is 4.60. The van der Waals surface area contributed by atoms with Gasteiger partial charge in [0.05, 0.1) is 16.7 Å². The van der Waals surface area contributed by atoms with Crippen molar-refractivity contribution in [3.05, 3.63) is 120 Å². The van der Waals surface area contributed by atoms with Gasteiger partial charge in [0, 0.05) is 34.3 Å². The molecule has 0 amide bonds. The van der Waals surface area contributed by atoms with E-state index < -0.39 is 0 Å². The van der Waals surface area contributed by atoms with Crippen molar-refractivity contribution < 1.29 is 0 Å². The average Bonchev–Trinajstić information content (AvgIpc) is 3.57. The van der Waals surface area contributed by atoms with Crippen LogP contribution in [0, 0.1) is 0 Å². The summed E-state index contributed by atoms with van der Waals surface area (Å²) in [6.07, 6.45) is 10.7. The van der Waals surface area contributed by atoms with E-state index in [0.717, 1.165) is 24.2 Å². The molecule has 0 fully saturated rings. The van der Waals surface area contributed by atoms with Crippen molar-refractivity contribution >= 4 is 38.7 Å². The summed E-state index contributed by atoms with van der Waals surface area (Å²) >= 11 is 0. The van der Waals surface area contributed by atoms with Crippen molar-refractivity contribution in [2.45, 2.75) is 32.1 Å². The minimum absolute atomic E-state index is 0.0153. The number of pyridine rings is 1. The first-order valence-corrected chi connectivity index (χ1v) is 13.1. The van der Waals surface area contributed by atoms with Gasteiger partial charge in [-0.2, -0.15) is 0 Å². The van der Waals surface area contributed by atoms with Crippen LogP contribution in [-0.4, -0.2) is 14.0 Å². The molecule has 0 saturated heterocycles. The first-order valence-electron chi connectivity index (χ1n) is 13.1. The Morgan fingerprint density at radius 2 is 1.57 bits per heavy atom. The Labute approximate surface area is 216 Å². The highest BCUT2D eigenvalue weighted by Gasteiger charge is 2.36. The van der Waals surface area contributed by atoms with Gasteiger partial charge >= 0.3 is 0 Å². The normalized spacial score (nSPS) is 16.2. The molecule has 0 atom stereocenters. The van der Waals surface area contributed by atoms with E-state index in [2.05, 4.69) is 114 Å². The fraction of sp³-hybridized carbons (Fsp3) is 0.147. The van der Waals surface area contributed by atoms with Crippen LogP contribution < -0.4 is 0 Å². The second-order valence-electron chi connectivity index (χ2n) is 10.9. The lowest BCUT2D eigenvalue weighted by atomic mass is 9.82. The van der Waals surface area contributed by atoms with Gasteiger partial charge in [0.25, 0.3) is 0 Å². The van der Waals surface area contributed by atoms with Crippen molar-refractivity contribution in [2.24, 2.45) is 0 Å². The fourth-order valence-corrected chi connectivity index (χ4v) is 6.59. The molecule has 0 radical (unpaired) electrons. The Bertz CT molecular complexity index is 1930. The molecular weight excluding hydrogens is 450 g/mol. The SMILES string of the molecule is CC1(C)c2ccccc2-c2cc3c4ccccc4n(C4=CC=C(c5cn6ccccc6n5)CC4)c3cc21. The number of fused-ring (bicyclic) bond motifs is 7. The highest BCUT2D eigenvalue weighted by Crippen LogP contribution is 2.51. The number of hydrogen-bond donors (Lipinski definition) is 0. The molecular formula is C34H27N3. The van der Waals surface area contributed by atoms with Crippen LogP contribution in [0.5, 0.6) is 0 Å². The van der Waals surface area contributed by atoms with Crippen molar-refractivity contribution in [3.8, 4) is 11.1 Å². The summed E-state index contributed by atoms with van der Waals surface area (Å²) in [4.78, 5) is 4.86. The van der Waals surface area contributed by atoms with Gasteiger partial charge < -0.3 is 8.97 Å². The van der Waals surface area contributed by atoms with Crippen molar-refractivity contribution in [1.29, 1.82) is 0 Å². The van der Waals surface area contributed by atoms with Crippen molar-refractivity contribution in [2.75, 3.05) is 0 Å². The zero-order valence-corrected chi connectivity index (χ0v) is 21.1. The summed E-state index contributed by atoms with van der Waals surface area (Å²) in [5, 5.41) is 2.65. The van der Waals surface area contributed by atoms with Gasteiger partial charge in [-0.3, -0.25) is 0 Å². The highest BCUT2D eigenvalue weighted by atomic mass is 15.0. The molecule has 3 aromatic carbocycles. The summed E-state index contributed by atoms with van der Waals surface area (Å²) in [5.74, 6) is 0. The maximum atomic E-state index is 4.86. The molecule has 3 nitrogen and oxygen atoms in total. The van der Waals surface area contributed by atoms with Crippen molar-refractivity contribution in [1.82, 2.24) is 14.0 Å². The lowest BCUT2D eigenvalue weighted by molar-refractivity contribution is 0.661. The van der Waals surface area contributed by atoms with Crippen LogP contribution in [-0.2, 0) is 5.41 Å². The van der Waals surface area contributed by atoms with Gasteiger partial charge in [-0.25, -0.2) is 4.98 Å². The number of para-hydroxylation sites is 1. The number of imidazole rings is 1. The first-order chi connectivity index (χ1) is 18.1. The van der Waals surface area contributed by atoms with E-state index in [1.54, 1.807) is 0 Å². The Balaban J connectivity index is 1.33. The fourth-order valence-electron chi connectivity index (χ4n) is 6.59. The first kappa shape index (κ1) is 20.8. The van der Waals surface area contributed by atoms with Crippen LogP contribution >= 0.6 is 0 Å². The van der Waals surface area contributed by atoms with Gasteiger partial charge in [-0.1, -0.05) is 68.5 Å². The van der Waals surface area contributed by atoms with Gasteiger partial charge in [-0.05, 0) is 77.1 Å². The molecule has 0 saturated carbocycles. The lowest BCUT2D eigenvalue weighted by Crippen LogP contribution is -2.15. The molecule has 0 spiro atoms. The maximum Gasteiger partial charge on any atom is 0.137 e. The Hall–Kier alpha value is -4.37. The molecule has 0 aliphatic heterocycles. The molecule has 6 aromatic rings. The predicted octanol–water partition coefficient (Wildman–Crippen LogP) is 8.47. The van der Waals surface area contributed by atoms with E-state index in [4.69, 9.17) is 4.98 Å². The lowest BCUT2D eigenvalue weighted by Gasteiger charge is -2.22. The maximum absolute atomic E-state index is 4.86. The summed E-state index contributed by atoms with van der Waals surface area (Å²) in [5.41, 5.74) is 12.9. The number of nitrogens with zero attached hydrogens (tertiary/aromatic N) is 3. The Kier molecular flexibility index (Phi) is 4.12. The monoisotopic (exact) mass is 477 g/mol. The number of allylic oxidation sites excluding steroid dienone is 4. The van der Waals surface area contributed by atoms with E-state index in [0.29, 0.717) is 0 Å². The predicted molar refractivity (Wildman–Crippen MR) is 154 cm³/mol. The third kappa shape index (κ3) is 2.85. The van der Waals surface area contributed by atoms with Gasteiger partial charge in [0.1, 0.15) is 5.65 Å². The van der Waals surface area contributed by atoms with Crippen LogP contribution in [0.15, 0.2) is 103 Å². The molecule has 2 aliphatic carbocycles. The molecule has 3 heterocycles. The Morgan fingerprint density at radius 1 is 0.730 bits per heavy atom. The minimum atomic E-state index is -0.0153. The van der Waals surface area contributed by atoms with Crippen molar-refractivity contribution in [3.63, 3.8) is 0 Å². The van der Waals surface area contributed by atoms with Gasteiger partial charge in [0.15, 0.2) is 0 Å². The summed E-state index contributed by atoms with van der Waals surface area (Å²) in [6.45, 7) is 4.72. The quantitative estimate of drug-likeness (QED) is 0.245.